The van der Waals surface area contributed by atoms with E-state index in [2.05, 4.69) is 5.32 Å². The van der Waals surface area contributed by atoms with Crippen LogP contribution in [0.4, 0.5) is 0 Å². The van der Waals surface area contributed by atoms with Crippen LogP contribution in [0, 0.1) is 6.92 Å². The average molecular weight is 425 g/mol. The number of nitrogens with one attached hydrogen (secondary N) is 1. The summed E-state index contributed by atoms with van der Waals surface area (Å²) in [6.07, 6.45) is 0.438. The van der Waals surface area contributed by atoms with Gasteiger partial charge in [0.2, 0.25) is 5.91 Å². The van der Waals surface area contributed by atoms with Crippen molar-refractivity contribution in [2.75, 3.05) is 21.3 Å². The molecule has 31 heavy (non-hydrogen) atoms. The average Bonchev–Trinajstić information content (AvgIpc) is 2.77. The van der Waals surface area contributed by atoms with Crippen LogP contribution in [0.15, 0.2) is 45.6 Å². The lowest BCUT2D eigenvalue weighted by Gasteiger charge is -2.18. The molecule has 0 aliphatic rings. The van der Waals surface area contributed by atoms with E-state index in [4.69, 9.17) is 18.6 Å². The van der Waals surface area contributed by atoms with Gasteiger partial charge in [-0.05, 0) is 56.2 Å². The maximum Gasteiger partial charge on any atom is 0.339 e. The van der Waals surface area contributed by atoms with E-state index in [1.165, 1.54) is 0 Å². The number of methoxy groups -OCH3 is 3. The van der Waals surface area contributed by atoms with Crippen molar-refractivity contribution < 1.29 is 23.4 Å². The quantitative estimate of drug-likeness (QED) is 0.550. The number of hydrogen-bond donors (Lipinski definition) is 1. The standard InChI is InChI=1S/C24H27NO6/c1-14-18-8-6-17(29-4)13-22(18)31-24(27)19(14)9-11-23(26)25-15(2)20-12-16(28-3)7-10-21(20)30-5/h6-8,10,12-13,15H,9,11H2,1-5H3,(H,25,26). The van der Waals surface area contributed by atoms with Crippen LogP contribution in [0.2, 0.25) is 0 Å². The summed E-state index contributed by atoms with van der Waals surface area (Å²) in [4.78, 5) is 25.1. The molecule has 7 nitrogen and oxygen atoms in total. The first-order chi connectivity index (χ1) is 14.9. The Morgan fingerprint density at radius 1 is 1.03 bits per heavy atom. The predicted molar refractivity (Wildman–Crippen MR) is 118 cm³/mol. The number of fused-ring (bicyclic) bond motifs is 1. The Hall–Kier alpha value is -3.48. The summed E-state index contributed by atoms with van der Waals surface area (Å²) in [5.41, 5.74) is 2.15. The zero-order chi connectivity index (χ0) is 22.5. The zero-order valence-corrected chi connectivity index (χ0v) is 18.4. The van der Waals surface area contributed by atoms with Crippen LogP contribution in [-0.4, -0.2) is 27.2 Å². The Morgan fingerprint density at radius 2 is 1.71 bits per heavy atom. The first-order valence-corrected chi connectivity index (χ1v) is 9.99. The van der Waals surface area contributed by atoms with Gasteiger partial charge in [0, 0.05) is 29.0 Å². The van der Waals surface area contributed by atoms with Crippen molar-refractivity contribution in [2.24, 2.45) is 0 Å². The van der Waals surface area contributed by atoms with Gasteiger partial charge < -0.3 is 23.9 Å². The van der Waals surface area contributed by atoms with Gasteiger partial charge in [0.25, 0.3) is 0 Å². The van der Waals surface area contributed by atoms with E-state index in [0.717, 1.165) is 16.5 Å². The van der Waals surface area contributed by atoms with Gasteiger partial charge >= 0.3 is 5.63 Å². The summed E-state index contributed by atoms with van der Waals surface area (Å²) >= 11 is 0. The molecular formula is C24H27NO6. The third-order valence-electron chi connectivity index (χ3n) is 5.38. The summed E-state index contributed by atoms with van der Waals surface area (Å²) in [5, 5.41) is 3.78. The molecule has 1 aromatic heterocycles. The van der Waals surface area contributed by atoms with E-state index in [1.807, 2.05) is 32.0 Å². The van der Waals surface area contributed by atoms with Crippen LogP contribution in [0.25, 0.3) is 11.0 Å². The fourth-order valence-electron chi connectivity index (χ4n) is 3.60. The largest absolute Gasteiger partial charge is 0.497 e. The number of benzene rings is 2. The molecule has 0 fully saturated rings. The Kier molecular flexibility index (Phi) is 6.84. The highest BCUT2D eigenvalue weighted by Crippen LogP contribution is 2.29. The van der Waals surface area contributed by atoms with Crippen LogP contribution in [0.3, 0.4) is 0 Å². The van der Waals surface area contributed by atoms with Crippen LogP contribution >= 0.6 is 0 Å². The van der Waals surface area contributed by atoms with Crippen LogP contribution in [0.5, 0.6) is 17.2 Å². The molecule has 2 aromatic carbocycles. The van der Waals surface area contributed by atoms with Crippen molar-refractivity contribution in [3.8, 4) is 17.2 Å². The Balaban J connectivity index is 1.74. The topological polar surface area (TPSA) is 87.0 Å². The van der Waals surface area contributed by atoms with Gasteiger partial charge in [0.1, 0.15) is 22.8 Å². The summed E-state index contributed by atoms with van der Waals surface area (Å²) in [6.45, 7) is 3.74. The van der Waals surface area contributed by atoms with E-state index >= 15 is 0 Å². The number of carbonyl (C=O) groups is 1. The second kappa shape index (κ2) is 9.55. The second-order valence-electron chi connectivity index (χ2n) is 7.25. The van der Waals surface area contributed by atoms with E-state index in [9.17, 15) is 9.59 Å². The van der Waals surface area contributed by atoms with Crippen molar-refractivity contribution in [3.63, 3.8) is 0 Å². The molecular weight excluding hydrogens is 398 g/mol. The Bertz CT molecular complexity index is 1150. The molecule has 1 atom stereocenters. The third-order valence-corrected chi connectivity index (χ3v) is 5.38. The minimum atomic E-state index is -0.437. The Morgan fingerprint density at radius 3 is 2.39 bits per heavy atom. The molecule has 1 heterocycles. The lowest BCUT2D eigenvalue weighted by Crippen LogP contribution is -2.27. The maximum atomic E-state index is 12.6. The van der Waals surface area contributed by atoms with Crippen molar-refractivity contribution in [3.05, 3.63) is 63.5 Å². The molecule has 0 aliphatic heterocycles. The molecule has 0 bridgehead atoms. The summed E-state index contributed by atoms with van der Waals surface area (Å²) in [7, 11) is 4.72. The first-order valence-electron chi connectivity index (χ1n) is 9.99. The normalized spacial score (nSPS) is 11.8. The molecule has 1 N–H and O–H groups in total. The third kappa shape index (κ3) is 4.82. The number of carbonyl (C=O) groups excluding carboxylic acids is 1. The lowest BCUT2D eigenvalue weighted by molar-refractivity contribution is -0.121. The number of amides is 1. The number of hydrogen-bond acceptors (Lipinski definition) is 6. The van der Waals surface area contributed by atoms with Crippen molar-refractivity contribution in [2.45, 2.75) is 32.7 Å². The van der Waals surface area contributed by atoms with Gasteiger partial charge in [-0.2, -0.15) is 0 Å². The fourth-order valence-corrected chi connectivity index (χ4v) is 3.60. The smallest absolute Gasteiger partial charge is 0.339 e. The number of aryl methyl sites for hydroxylation is 1. The maximum absolute atomic E-state index is 12.6. The summed E-state index contributed by atoms with van der Waals surface area (Å²) < 4.78 is 21.3. The molecule has 0 saturated carbocycles. The molecule has 1 unspecified atom stereocenters. The molecule has 0 saturated heterocycles. The number of rotatable bonds is 8. The van der Waals surface area contributed by atoms with Crippen molar-refractivity contribution in [1.82, 2.24) is 5.32 Å². The lowest BCUT2D eigenvalue weighted by atomic mass is 10.0. The predicted octanol–water partition coefficient (Wildman–Crippen LogP) is 3.94. The van der Waals surface area contributed by atoms with Crippen molar-refractivity contribution in [1.29, 1.82) is 0 Å². The molecule has 7 heteroatoms. The molecule has 1 amide bonds. The van der Waals surface area contributed by atoms with Crippen LogP contribution < -0.4 is 25.2 Å². The second-order valence-corrected chi connectivity index (χ2v) is 7.25. The number of ether oxygens (including phenoxy) is 3. The van der Waals surface area contributed by atoms with E-state index in [0.29, 0.717) is 28.4 Å². The van der Waals surface area contributed by atoms with E-state index < -0.39 is 5.63 Å². The van der Waals surface area contributed by atoms with Gasteiger partial charge in [0.15, 0.2) is 0 Å². The molecule has 0 aliphatic carbocycles. The highest BCUT2D eigenvalue weighted by molar-refractivity contribution is 5.83. The highest BCUT2D eigenvalue weighted by Gasteiger charge is 2.17. The van der Waals surface area contributed by atoms with Crippen LogP contribution in [-0.2, 0) is 11.2 Å². The molecule has 3 rings (SSSR count). The molecule has 0 spiro atoms. The summed E-state index contributed by atoms with van der Waals surface area (Å²) in [5.74, 6) is 1.78. The Labute approximate surface area is 180 Å². The monoisotopic (exact) mass is 425 g/mol. The fraction of sp³-hybridized carbons (Fsp3) is 0.333. The SMILES string of the molecule is COc1ccc(OC)c(C(C)NC(=O)CCc2c(C)c3ccc(OC)cc3oc2=O)c1. The first kappa shape index (κ1) is 22.2. The van der Waals surface area contributed by atoms with E-state index in [-0.39, 0.29) is 24.8 Å². The van der Waals surface area contributed by atoms with Gasteiger partial charge in [-0.15, -0.1) is 0 Å². The molecule has 3 aromatic rings. The van der Waals surface area contributed by atoms with Crippen molar-refractivity contribution >= 4 is 16.9 Å². The zero-order valence-electron chi connectivity index (χ0n) is 18.4. The molecule has 164 valence electrons. The van der Waals surface area contributed by atoms with Gasteiger partial charge in [0.05, 0.1) is 27.4 Å². The minimum absolute atomic E-state index is 0.157. The summed E-state index contributed by atoms with van der Waals surface area (Å²) in [6, 6.07) is 10.5. The van der Waals surface area contributed by atoms with Crippen LogP contribution in [0.1, 0.15) is 36.1 Å². The van der Waals surface area contributed by atoms with Gasteiger partial charge in [-0.3, -0.25) is 4.79 Å². The van der Waals surface area contributed by atoms with Gasteiger partial charge in [-0.25, -0.2) is 4.79 Å². The molecule has 0 radical (unpaired) electrons. The van der Waals surface area contributed by atoms with E-state index in [1.54, 1.807) is 39.5 Å². The minimum Gasteiger partial charge on any atom is -0.497 e. The van der Waals surface area contributed by atoms with Gasteiger partial charge in [-0.1, -0.05) is 0 Å². The highest BCUT2D eigenvalue weighted by atomic mass is 16.5.